The molecule has 0 fully saturated rings. The summed E-state index contributed by atoms with van der Waals surface area (Å²) in [7, 11) is 1.65. The zero-order valence-corrected chi connectivity index (χ0v) is 14.5. The summed E-state index contributed by atoms with van der Waals surface area (Å²) in [6.07, 6.45) is 4.32. The van der Waals surface area contributed by atoms with E-state index in [-0.39, 0.29) is 5.91 Å². The Morgan fingerprint density at radius 1 is 1.12 bits per heavy atom. The molecular formula is C21H19N3O2. The van der Waals surface area contributed by atoms with Crippen LogP contribution in [0.1, 0.15) is 15.9 Å². The Balaban J connectivity index is 1.46. The maximum Gasteiger partial charge on any atom is 0.251 e. The van der Waals surface area contributed by atoms with Gasteiger partial charge in [0.25, 0.3) is 5.91 Å². The third-order valence-corrected chi connectivity index (χ3v) is 4.50. The summed E-state index contributed by atoms with van der Waals surface area (Å²) >= 11 is 0. The third kappa shape index (κ3) is 3.11. The minimum Gasteiger partial charge on any atom is -0.497 e. The molecule has 0 atom stereocenters. The van der Waals surface area contributed by atoms with Crippen LogP contribution in [0.4, 0.5) is 0 Å². The maximum atomic E-state index is 12.5. The quantitative estimate of drug-likeness (QED) is 0.580. The lowest BCUT2D eigenvalue weighted by Gasteiger charge is -2.07. The Hall–Kier alpha value is -3.34. The number of pyridine rings is 1. The average molecular weight is 345 g/mol. The Morgan fingerprint density at radius 2 is 2.00 bits per heavy atom. The molecule has 26 heavy (non-hydrogen) atoms. The minimum absolute atomic E-state index is 0.0772. The van der Waals surface area contributed by atoms with E-state index >= 15 is 0 Å². The fourth-order valence-corrected chi connectivity index (χ4v) is 3.15. The fourth-order valence-electron chi connectivity index (χ4n) is 3.15. The number of rotatable bonds is 5. The molecule has 5 heteroatoms. The standard InChI is InChI=1S/C21H19N3O2/c1-26-16-4-2-3-14(11-16)7-10-23-21(25)15-5-6-17-18-8-9-22-13-20(18)24-19(17)12-15/h2-6,8-9,11-13,24H,7,10H2,1H3,(H,23,25). The summed E-state index contributed by atoms with van der Waals surface area (Å²) in [5.41, 5.74) is 3.68. The number of fused-ring (bicyclic) bond motifs is 3. The van der Waals surface area contributed by atoms with Gasteiger partial charge in [0, 0.05) is 34.6 Å². The van der Waals surface area contributed by atoms with Crippen molar-refractivity contribution in [2.24, 2.45) is 0 Å². The first-order valence-electron chi connectivity index (χ1n) is 8.51. The molecule has 0 aliphatic carbocycles. The Morgan fingerprint density at radius 3 is 2.88 bits per heavy atom. The monoisotopic (exact) mass is 345 g/mol. The predicted molar refractivity (Wildman–Crippen MR) is 103 cm³/mol. The topological polar surface area (TPSA) is 67.0 Å². The normalized spacial score (nSPS) is 11.0. The number of carbonyl (C=O) groups is 1. The Bertz CT molecular complexity index is 1080. The van der Waals surface area contributed by atoms with Crippen LogP contribution >= 0.6 is 0 Å². The molecule has 0 bridgehead atoms. The summed E-state index contributed by atoms with van der Waals surface area (Å²) < 4.78 is 5.22. The van der Waals surface area contributed by atoms with E-state index in [9.17, 15) is 4.79 Å². The number of ether oxygens (including phenoxy) is 1. The molecule has 0 saturated heterocycles. The molecule has 0 spiro atoms. The van der Waals surface area contributed by atoms with E-state index in [1.807, 2.05) is 48.5 Å². The van der Waals surface area contributed by atoms with E-state index in [0.717, 1.165) is 39.5 Å². The molecule has 0 unspecified atom stereocenters. The van der Waals surface area contributed by atoms with Crippen LogP contribution in [0, 0.1) is 0 Å². The maximum absolute atomic E-state index is 12.5. The van der Waals surface area contributed by atoms with Gasteiger partial charge in [-0.05, 0) is 42.3 Å². The van der Waals surface area contributed by atoms with Crippen molar-refractivity contribution >= 4 is 27.7 Å². The van der Waals surface area contributed by atoms with Crippen molar-refractivity contribution in [3.8, 4) is 5.75 Å². The predicted octanol–water partition coefficient (Wildman–Crippen LogP) is 3.70. The zero-order valence-electron chi connectivity index (χ0n) is 14.5. The number of aromatic nitrogens is 2. The van der Waals surface area contributed by atoms with Crippen LogP contribution in [0.3, 0.4) is 0 Å². The van der Waals surface area contributed by atoms with Crippen LogP contribution in [-0.2, 0) is 6.42 Å². The van der Waals surface area contributed by atoms with Crippen LogP contribution in [0.15, 0.2) is 60.9 Å². The number of amides is 1. The van der Waals surface area contributed by atoms with Gasteiger partial charge in [0.15, 0.2) is 0 Å². The highest BCUT2D eigenvalue weighted by atomic mass is 16.5. The summed E-state index contributed by atoms with van der Waals surface area (Å²) in [5, 5.41) is 5.18. The SMILES string of the molecule is COc1cccc(CCNC(=O)c2ccc3c(c2)[nH]c2cnccc23)c1. The highest BCUT2D eigenvalue weighted by molar-refractivity contribution is 6.09. The number of hydrogen-bond acceptors (Lipinski definition) is 3. The van der Waals surface area contributed by atoms with E-state index in [0.29, 0.717) is 12.1 Å². The number of carbonyl (C=O) groups excluding carboxylic acids is 1. The number of nitrogens with one attached hydrogen (secondary N) is 2. The Labute approximate surface area is 151 Å². The van der Waals surface area contributed by atoms with Gasteiger partial charge in [0.05, 0.1) is 18.8 Å². The number of benzene rings is 2. The first kappa shape index (κ1) is 16.1. The van der Waals surface area contributed by atoms with Gasteiger partial charge in [-0.15, -0.1) is 0 Å². The van der Waals surface area contributed by atoms with Crippen LogP contribution in [-0.4, -0.2) is 29.5 Å². The van der Waals surface area contributed by atoms with Crippen LogP contribution in [0.2, 0.25) is 0 Å². The first-order valence-corrected chi connectivity index (χ1v) is 8.51. The molecule has 130 valence electrons. The molecule has 1 amide bonds. The zero-order chi connectivity index (χ0) is 17.9. The second-order valence-corrected chi connectivity index (χ2v) is 6.16. The number of H-pyrrole nitrogens is 1. The second kappa shape index (κ2) is 6.88. The first-order chi connectivity index (χ1) is 12.7. The van der Waals surface area contributed by atoms with Gasteiger partial charge >= 0.3 is 0 Å². The van der Waals surface area contributed by atoms with Gasteiger partial charge in [-0.3, -0.25) is 9.78 Å². The van der Waals surface area contributed by atoms with Crippen molar-refractivity contribution < 1.29 is 9.53 Å². The number of aromatic amines is 1. The fraction of sp³-hybridized carbons (Fsp3) is 0.143. The van der Waals surface area contributed by atoms with E-state index < -0.39 is 0 Å². The highest BCUT2D eigenvalue weighted by Crippen LogP contribution is 2.25. The van der Waals surface area contributed by atoms with Gasteiger partial charge in [0.1, 0.15) is 5.75 Å². The lowest BCUT2D eigenvalue weighted by atomic mass is 10.1. The van der Waals surface area contributed by atoms with Crippen molar-refractivity contribution in [2.75, 3.05) is 13.7 Å². The smallest absolute Gasteiger partial charge is 0.251 e. The Kier molecular flexibility index (Phi) is 4.27. The molecule has 0 aliphatic rings. The molecule has 5 nitrogen and oxygen atoms in total. The van der Waals surface area contributed by atoms with E-state index in [1.54, 1.807) is 19.5 Å². The molecular weight excluding hydrogens is 326 g/mol. The summed E-state index contributed by atoms with van der Waals surface area (Å²) in [6, 6.07) is 15.6. The van der Waals surface area contributed by atoms with Crippen LogP contribution in [0.5, 0.6) is 5.75 Å². The van der Waals surface area contributed by atoms with Gasteiger partial charge in [0.2, 0.25) is 0 Å². The average Bonchev–Trinajstić information content (AvgIpc) is 3.06. The molecule has 2 aromatic heterocycles. The summed E-state index contributed by atoms with van der Waals surface area (Å²) in [5.74, 6) is 0.749. The molecule has 2 aromatic carbocycles. The van der Waals surface area contributed by atoms with E-state index in [2.05, 4.69) is 15.3 Å². The summed E-state index contributed by atoms with van der Waals surface area (Å²) in [6.45, 7) is 0.570. The van der Waals surface area contributed by atoms with E-state index in [1.165, 1.54) is 0 Å². The van der Waals surface area contributed by atoms with Crippen molar-refractivity contribution in [1.82, 2.24) is 15.3 Å². The number of hydrogen-bond donors (Lipinski definition) is 2. The summed E-state index contributed by atoms with van der Waals surface area (Å²) in [4.78, 5) is 19.9. The van der Waals surface area contributed by atoms with Crippen molar-refractivity contribution in [2.45, 2.75) is 6.42 Å². The van der Waals surface area contributed by atoms with Crippen molar-refractivity contribution in [1.29, 1.82) is 0 Å². The molecule has 0 aliphatic heterocycles. The third-order valence-electron chi connectivity index (χ3n) is 4.50. The largest absolute Gasteiger partial charge is 0.497 e. The number of nitrogens with zero attached hydrogens (tertiary/aromatic N) is 1. The molecule has 2 N–H and O–H groups in total. The minimum atomic E-state index is -0.0772. The lowest BCUT2D eigenvalue weighted by Crippen LogP contribution is -2.25. The highest BCUT2D eigenvalue weighted by Gasteiger charge is 2.09. The molecule has 2 heterocycles. The van der Waals surface area contributed by atoms with Crippen molar-refractivity contribution in [3.63, 3.8) is 0 Å². The molecule has 0 radical (unpaired) electrons. The van der Waals surface area contributed by atoms with Gasteiger partial charge in [-0.2, -0.15) is 0 Å². The van der Waals surface area contributed by atoms with Crippen LogP contribution < -0.4 is 10.1 Å². The van der Waals surface area contributed by atoms with Gasteiger partial charge in [-0.25, -0.2) is 0 Å². The number of methoxy groups -OCH3 is 1. The van der Waals surface area contributed by atoms with E-state index in [4.69, 9.17) is 4.74 Å². The second-order valence-electron chi connectivity index (χ2n) is 6.16. The van der Waals surface area contributed by atoms with Crippen molar-refractivity contribution in [3.05, 3.63) is 72.1 Å². The van der Waals surface area contributed by atoms with Gasteiger partial charge < -0.3 is 15.0 Å². The van der Waals surface area contributed by atoms with Gasteiger partial charge in [-0.1, -0.05) is 18.2 Å². The molecule has 4 aromatic rings. The van der Waals surface area contributed by atoms with Crippen LogP contribution in [0.25, 0.3) is 21.8 Å². The molecule has 4 rings (SSSR count). The lowest BCUT2D eigenvalue weighted by molar-refractivity contribution is 0.0954. The molecule has 0 saturated carbocycles.